The molecule has 0 fully saturated rings. The Bertz CT molecular complexity index is 497. The van der Waals surface area contributed by atoms with Gasteiger partial charge in [-0.25, -0.2) is 14.6 Å². The second kappa shape index (κ2) is 5.55. The van der Waals surface area contributed by atoms with E-state index in [-0.39, 0.29) is 12.5 Å². The van der Waals surface area contributed by atoms with Crippen LogP contribution in [0, 0.1) is 0 Å². The van der Waals surface area contributed by atoms with Gasteiger partial charge in [0.2, 0.25) is 0 Å². The van der Waals surface area contributed by atoms with Gasteiger partial charge in [-0.15, -0.1) is 6.58 Å². The lowest BCUT2D eigenvalue weighted by Gasteiger charge is -2.28. The molecule has 0 saturated heterocycles. The molecular formula is C12H16N4O3. The monoisotopic (exact) mass is 264 g/mol. The Labute approximate surface area is 110 Å². The van der Waals surface area contributed by atoms with Gasteiger partial charge in [0.25, 0.3) is 0 Å². The Balaban J connectivity index is 1.97. The molecule has 1 atom stereocenters. The molecule has 0 bridgehead atoms. The molecule has 7 nitrogen and oxygen atoms in total. The molecule has 1 unspecified atom stereocenters. The van der Waals surface area contributed by atoms with E-state index in [9.17, 15) is 9.59 Å². The van der Waals surface area contributed by atoms with E-state index in [1.807, 2.05) is 10.8 Å². The van der Waals surface area contributed by atoms with Crippen molar-refractivity contribution in [1.29, 1.82) is 0 Å². The number of rotatable bonds is 4. The van der Waals surface area contributed by atoms with Crippen LogP contribution in [0.1, 0.15) is 12.2 Å². The maximum Gasteiger partial charge on any atom is 0.326 e. The van der Waals surface area contributed by atoms with Gasteiger partial charge in [-0.3, -0.25) is 0 Å². The zero-order chi connectivity index (χ0) is 13.8. The van der Waals surface area contributed by atoms with Gasteiger partial charge in [0.05, 0.1) is 6.54 Å². The largest absolute Gasteiger partial charge is 0.480 e. The van der Waals surface area contributed by atoms with E-state index < -0.39 is 12.0 Å². The molecule has 7 heteroatoms. The van der Waals surface area contributed by atoms with Crippen molar-refractivity contribution in [3.8, 4) is 0 Å². The summed E-state index contributed by atoms with van der Waals surface area (Å²) >= 11 is 0. The van der Waals surface area contributed by atoms with E-state index in [1.54, 1.807) is 11.1 Å². The smallest absolute Gasteiger partial charge is 0.326 e. The lowest BCUT2D eigenvalue weighted by Crippen LogP contribution is -2.49. The van der Waals surface area contributed by atoms with E-state index in [2.05, 4.69) is 16.9 Å². The number of carboxylic acid groups (broad SMARTS) is 1. The number of amides is 2. The zero-order valence-electron chi connectivity index (χ0n) is 10.5. The van der Waals surface area contributed by atoms with Crippen LogP contribution in [0.4, 0.5) is 4.79 Å². The molecule has 0 aromatic carbocycles. The first kappa shape index (κ1) is 13.1. The van der Waals surface area contributed by atoms with Crippen molar-refractivity contribution in [2.24, 2.45) is 0 Å². The van der Waals surface area contributed by atoms with Crippen LogP contribution in [-0.4, -0.2) is 44.1 Å². The highest BCUT2D eigenvalue weighted by molar-refractivity contribution is 5.82. The highest BCUT2D eigenvalue weighted by Gasteiger charge is 2.25. The van der Waals surface area contributed by atoms with Crippen LogP contribution in [0.3, 0.4) is 0 Å². The summed E-state index contributed by atoms with van der Waals surface area (Å²) in [6, 6.07) is -1.32. The van der Waals surface area contributed by atoms with Gasteiger partial charge < -0.3 is 19.9 Å². The SMILES string of the molecule is C=CCC(NC(=O)N1CCn2ccnc2C1)C(=O)O. The van der Waals surface area contributed by atoms with Gasteiger partial charge in [-0.1, -0.05) is 6.08 Å². The number of imidazole rings is 1. The van der Waals surface area contributed by atoms with Crippen LogP contribution in [-0.2, 0) is 17.9 Å². The summed E-state index contributed by atoms with van der Waals surface area (Å²) in [6.45, 7) is 5.08. The van der Waals surface area contributed by atoms with Crippen molar-refractivity contribution in [3.05, 3.63) is 30.9 Å². The molecule has 0 radical (unpaired) electrons. The minimum absolute atomic E-state index is 0.198. The van der Waals surface area contributed by atoms with E-state index in [0.29, 0.717) is 19.6 Å². The summed E-state index contributed by atoms with van der Waals surface area (Å²) in [6.07, 6.45) is 5.22. The summed E-state index contributed by atoms with van der Waals surface area (Å²) in [4.78, 5) is 28.7. The summed E-state index contributed by atoms with van der Waals surface area (Å²) in [5.74, 6) is -0.260. The first-order valence-electron chi connectivity index (χ1n) is 6.01. The molecule has 0 saturated carbocycles. The number of carboxylic acids is 1. The van der Waals surface area contributed by atoms with Gasteiger partial charge in [-0.05, 0) is 6.42 Å². The normalized spacial score (nSPS) is 15.5. The van der Waals surface area contributed by atoms with E-state index in [0.717, 1.165) is 5.82 Å². The lowest BCUT2D eigenvalue weighted by atomic mass is 10.2. The molecule has 2 N–H and O–H groups in total. The van der Waals surface area contributed by atoms with E-state index >= 15 is 0 Å². The molecule has 0 spiro atoms. The number of nitrogens with zero attached hydrogens (tertiary/aromatic N) is 3. The topological polar surface area (TPSA) is 87.5 Å². The minimum atomic E-state index is -1.06. The first-order valence-corrected chi connectivity index (χ1v) is 6.01. The van der Waals surface area contributed by atoms with Crippen LogP contribution in [0.15, 0.2) is 25.0 Å². The number of nitrogens with one attached hydrogen (secondary N) is 1. The second-order valence-corrected chi connectivity index (χ2v) is 4.32. The van der Waals surface area contributed by atoms with Crippen LogP contribution in [0.5, 0.6) is 0 Å². The predicted octanol–water partition coefficient (Wildman–Crippen LogP) is 0.438. The van der Waals surface area contributed by atoms with E-state index in [4.69, 9.17) is 5.11 Å². The Hall–Kier alpha value is -2.31. The number of aliphatic carboxylic acids is 1. The van der Waals surface area contributed by atoms with Gasteiger partial charge in [0.1, 0.15) is 11.9 Å². The fourth-order valence-electron chi connectivity index (χ4n) is 1.98. The standard InChI is InChI=1S/C12H16N4O3/c1-2-3-9(11(17)18)14-12(19)16-7-6-15-5-4-13-10(15)8-16/h2,4-5,9H,1,3,6-8H2,(H,14,19)(H,17,18). The van der Waals surface area contributed by atoms with E-state index in [1.165, 1.54) is 6.08 Å². The molecule has 2 amide bonds. The average Bonchev–Trinajstić information content (AvgIpc) is 2.85. The zero-order valence-corrected chi connectivity index (χ0v) is 10.5. The lowest BCUT2D eigenvalue weighted by molar-refractivity contribution is -0.139. The molecule has 102 valence electrons. The Morgan fingerprint density at radius 3 is 3.05 bits per heavy atom. The van der Waals surface area contributed by atoms with Gasteiger partial charge in [-0.2, -0.15) is 0 Å². The minimum Gasteiger partial charge on any atom is -0.480 e. The third kappa shape index (κ3) is 2.93. The highest BCUT2D eigenvalue weighted by Crippen LogP contribution is 2.10. The number of hydrogen-bond donors (Lipinski definition) is 2. The Morgan fingerprint density at radius 1 is 1.58 bits per heavy atom. The average molecular weight is 264 g/mol. The number of hydrogen-bond acceptors (Lipinski definition) is 3. The molecule has 19 heavy (non-hydrogen) atoms. The molecule has 0 aliphatic carbocycles. The van der Waals surface area contributed by atoms with Gasteiger partial charge in [0.15, 0.2) is 0 Å². The summed E-state index contributed by atoms with van der Waals surface area (Å²) < 4.78 is 1.97. The first-order chi connectivity index (χ1) is 9.11. The molecule has 2 rings (SSSR count). The van der Waals surface area contributed by atoms with Crippen molar-refractivity contribution in [2.45, 2.75) is 25.6 Å². The van der Waals surface area contributed by atoms with Crippen molar-refractivity contribution in [3.63, 3.8) is 0 Å². The summed E-state index contributed by atoms with van der Waals surface area (Å²) in [5, 5.41) is 11.5. The van der Waals surface area contributed by atoms with Crippen molar-refractivity contribution in [1.82, 2.24) is 19.8 Å². The Morgan fingerprint density at radius 2 is 2.37 bits per heavy atom. The van der Waals surface area contributed by atoms with Crippen LogP contribution >= 0.6 is 0 Å². The number of fused-ring (bicyclic) bond motifs is 1. The van der Waals surface area contributed by atoms with Crippen LogP contribution < -0.4 is 5.32 Å². The predicted molar refractivity (Wildman–Crippen MR) is 67.4 cm³/mol. The summed E-state index contributed by atoms with van der Waals surface area (Å²) in [5.41, 5.74) is 0. The van der Waals surface area contributed by atoms with Gasteiger partial charge >= 0.3 is 12.0 Å². The van der Waals surface area contributed by atoms with Crippen molar-refractivity contribution >= 4 is 12.0 Å². The molecule has 1 aromatic heterocycles. The number of carbonyl (C=O) groups excluding carboxylic acids is 1. The second-order valence-electron chi connectivity index (χ2n) is 4.32. The molecular weight excluding hydrogens is 248 g/mol. The van der Waals surface area contributed by atoms with Crippen LogP contribution in [0.2, 0.25) is 0 Å². The number of aromatic nitrogens is 2. The fourth-order valence-corrected chi connectivity index (χ4v) is 1.98. The number of urea groups is 1. The maximum atomic E-state index is 12.0. The third-order valence-corrected chi connectivity index (χ3v) is 3.03. The maximum absolute atomic E-state index is 12.0. The fraction of sp³-hybridized carbons (Fsp3) is 0.417. The highest BCUT2D eigenvalue weighted by atomic mass is 16.4. The van der Waals surface area contributed by atoms with Gasteiger partial charge in [0, 0.05) is 25.5 Å². The number of carbonyl (C=O) groups is 2. The molecule has 1 aliphatic rings. The molecule has 2 heterocycles. The molecule has 1 aliphatic heterocycles. The quantitative estimate of drug-likeness (QED) is 0.772. The van der Waals surface area contributed by atoms with Crippen molar-refractivity contribution < 1.29 is 14.7 Å². The van der Waals surface area contributed by atoms with Crippen molar-refractivity contribution in [2.75, 3.05) is 6.54 Å². The summed E-state index contributed by atoms with van der Waals surface area (Å²) in [7, 11) is 0. The van der Waals surface area contributed by atoms with Crippen LogP contribution in [0.25, 0.3) is 0 Å². The third-order valence-electron chi connectivity index (χ3n) is 3.03. The molecule has 1 aromatic rings. The Kier molecular flexibility index (Phi) is 3.84.